The van der Waals surface area contributed by atoms with Crippen LogP contribution >= 0.6 is 11.6 Å². The fourth-order valence-corrected chi connectivity index (χ4v) is 6.36. The molecule has 0 aliphatic carbocycles. The molecule has 0 saturated heterocycles. The van der Waals surface area contributed by atoms with Gasteiger partial charge >= 0.3 is 6.09 Å². The highest BCUT2D eigenvalue weighted by atomic mass is 35.5. The zero-order valence-corrected chi connectivity index (χ0v) is 25.2. The number of carbonyl (C=O) groups is 2. The van der Waals surface area contributed by atoms with Gasteiger partial charge in [-0.25, -0.2) is 13.2 Å². The van der Waals surface area contributed by atoms with Crippen LogP contribution in [-0.4, -0.2) is 62.4 Å². The third-order valence-corrected chi connectivity index (χ3v) is 8.39. The Morgan fingerprint density at radius 1 is 1.07 bits per heavy atom. The summed E-state index contributed by atoms with van der Waals surface area (Å²) in [5, 5.41) is 3.99. The summed E-state index contributed by atoms with van der Waals surface area (Å²) in [6.07, 6.45) is 1.13. The monoisotopic (exact) mass is 605 g/mol. The van der Waals surface area contributed by atoms with Crippen molar-refractivity contribution in [2.45, 2.75) is 38.1 Å². The summed E-state index contributed by atoms with van der Waals surface area (Å²) in [6, 6.07) is 21.1. The Bertz CT molecular complexity index is 1680. The molecule has 3 aromatic rings. The molecule has 0 radical (unpaired) electrons. The molecule has 5 rings (SSSR count). The molecule has 2 aliphatic rings. The molecule has 3 aromatic carbocycles. The number of dihydropyridines is 1. The highest BCUT2D eigenvalue weighted by Crippen LogP contribution is 2.37. The van der Waals surface area contributed by atoms with Crippen LogP contribution in [0.2, 0.25) is 5.02 Å². The van der Waals surface area contributed by atoms with Gasteiger partial charge in [0.1, 0.15) is 6.04 Å². The third kappa shape index (κ3) is 6.42. The first-order valence-electron chi connectivity index (χ1n) is 13.7. The van der Waals surface area contributed by atoms with E-state index in [0.29, 0.717) is 45.1 Å². The van der Waals surface area contributed by atoms with E-state index in [0.717, 1.165) is 11.3 Å². The number of nitrogens with zero attached hydrogens (tertiary/aromatic N) is 2. The van der Waals surface area contributed by atoms with Crippen molar-refractivity contribution in [2.75, 3.05) is 24.7 Å². The first-order valence-corrected chi connectivity index (χ1v) is 16.1. The van der Waals surface area contributed by atoms with Crippen molar-refractivity contribution in [1.29, 1.82) is 0 Å². The third-order valence-electron chi connectivity index (χ3n) is 7.28. The van der Waals surface area contributed by atoms with Gasteiger partial charge < -0.3 is 10.1 Å². The van der Waals surface area contributed by atoms with Gasteiger partial charge in [-0.1, -0.05) is 48.0 Å². The molecule has 42 heavy (non-hydrogen) atoms. The number of anilines is 2. The molecule has 1 amide bonds. The second-order valence-electron chi connectivity index (χ2n) is 10.5. The van der Waals surface area contributed by atoms with E-state index in [1.807, 2.05) is 48.5 Å². The largest absolute Gasteiger partial charge is 0.450 e. The number of hydrogen-bond acceptors (Lipinski definition) is 7. The highest BCUT2D eigenvalue weighted by Gasteiger charge is 2.45. The number of Topliss-reactive ketones (excluding diaryl/α,β-unsaturated/α-hetero) is 1. The van der Waals surface area contributed by atoms with Crippen molar-refractivity contribution in [3.63, 3.8) is 0 Å². The van der Waals surface area contributed by atoms with Gasteiger partial charge in [0.05, 0.1) is 30.7 Å². The van der Waals surface area contributed by atoms with Gasteiger partial charge in [-0.3, -0.25) is 14.7 Å². The summed E-state index contributed by atoms with van der Waals surface area (Å²) in [5.74, 6) is -0.290. The van der Waals surface area contributed by atoms with Crippen molar-refractivity contribution >= 4 is 50.4 Å². The fourth-order valence-electron chi connectivity index (χ4n) is 5.45. The first-order chi connectivity index (χ1) is 20.0. The van der Waals surface area contributed by atoms with E-state index in [2.05, 4.69) is 5.32 Å². The molecule has 2 atom stereocenters. The normalized spacial score (nSPS) is 18.5. The van der Waals surface area contributed by atoms with Crippen molar-refractivity contribution < 1.29 is 22.7 Å². The Morgan fingerprint density at radius 2 is 1.79 bits per heavy atom. The van der Waals surface area contributed by atoms with Crippen molar-refractivity contribution in [1.82, 2.24) is 4.90 Å². The Labute approximate surface area is 251 Å². The first kappa shape index (κ1) is 29.5. The lowest BCUT2D eigenvalue weighted by Crippen LogP contribution is -2.41. The van der Waals surface area contributed by atoms with Crippen LogP contribution in [0.4, 0.5) is 16.2 Å². The van der Waals surface area contributed by atoms with Crippen molar-refractivity contribution in [2.24, 2.45) is 4.99 Å². The van der Waals surface area contributed by atoms with E-state index in [1.165, 1.54) is 6.26 Å². The molecule has 1 N–H and O–H groups in total. The molecular weight excluding hydrogens is 574 g/mol. The summed E-state index contributed by atoms with van der Waals surface area (Å²) in [6.45, 7) is 3.83. The van der Waals surface area contributed by atoms with Gasteiger partial charge in [0.25, 0.3) is 0 Å². The summed E-state index contributed by atoms with van der Waals surface area (Å²) < 4.78 is 29.8. The fraction of sp³-hybridized carbons (Fsp3) is 0.281. The number of carbonyl (C=O) groups excluding carboxylic acids is 2. The molecule has 0 fully saturated rings. The Hall–Kier alpha value is -3.95. The molecule has 2 heterocycles. The molecular formula is C32H32ClN3O5S. The van der Waals surface area contributed by atoms with Crippen LogP contribution in [0.1, 0.15) is 30.5 Å². The van der Waals surface area contributed by atoms with E-state index in [-0.39, 0.29) is 24.7 Å². The van der Waals surface area contributed by atoms with Crippen LogP contribution in [0.15, 0.2) is 88.9 Å². The SMILES string of the molecule is CCOC(=O)N1CC2=C(C(=O)C(C)N=C2c2cc(CS(C)(=O)=O)ccc2Nc2ccc(Cl)cc2)C1Cc1ccccc1. The van der Waals surface area contributed by atoms with Crippen molar-refractivity contribution in [3.8, 4) is 0 Å². The lowest BCUT2D eigenvalue weighted by molar-refractivity contribution is -0.116. The van der Waals surface area contributed by atoms with Crippen LogP contribution < -0.4 is 5.32 Å². The van der Waals surface area contributed by atoms with Crippen LogP contribution in [0.3, 0.4) is 0 Å². The van der Waals surface area contributed by atoms with E-state index in [1.54, 1.807) is 43.0 Å². The van der Waals surface area contributed by atoms with Crippen LogP contribution in [0, 0.1) is 0 Å². The summed E-state index contributed by atoms with van der Waals surface area (Å²) in [7, 11) is -3.32. The van der Waals surface area contributed by atoms with Gasteiger partial charge in [-0.05, 0) is 67.8 Å². The van der Waals surface area contributed by atoms with Crippen LogP contribution in [0.25, 0.3) is 0 Å². The maximum absolute atomic E-state index is 13.7. The molecule has 8 nitrogen and oxygen atoms in total. The molecule has 0 aromatic heterocycles. The standard InChI is InChI=1S/C32H32ClN3O5S/c1-4-41-32(38)36-18-26-29(28(36)17-21-8-6-5-7-9-21)31(37)20(2)34-30(26)25-16-22(19-42(3,39)40)10-15-27(25)35-24-13-11-23(33)12-14-24/h5-16,20,28,35H,4,17-19H2,1-3H3. The number of aliphatic imine (C=N–C) groups is 1. The number of ether oxygens (including phenoxy) is 1. The summed E-state index contributed by atoms with van der Waals surface area (Å²) in [5.41, 5.74) is 5.39. The molecule has 218 valence electrons. The quantitative estimate of drug-likeness (QED) is 0.350. The number of sulfone groups is 1. The van der Waals surface area contributed by atoms with Gasteiger partial charge in [0.2, 0.25) is 0 Å². The number of ketones is 1. The maximum Gasteiger partial charge on any atom is 0.410 e. The zero-order valence-electron chi connectivity index (χ0n) is 23.6. The van der Waals surface area contributed by atoms with Crippen molar-refractivity contribution in [3.05, 3.63) is 106 Å². The minimum atomic E-state index is -3.32. The number of rotatable bonds is 8. The predicted octanol–water partition coefficient (Wildman–Crippen LogP) is 5.77. The minimum Gasteiger partial charge on any atom is -0.450 e. The van der Waals surface area contributed by atoms with E-state index in [4.69, 9.17) is 21.3 Å². The number of nitrogens with one attached hydrogen (secondary N) is 1. The smallest absolute Gasteiger partial charge is 0.410 e. The predicted molar refractivity (Wildman–Crippen MR) is 165 cm³/mol. The average molecular weight is 606 g/mol. The van der Waals surface area contributed by atoms with Gasteiger partial charge in [0.15, 0.2) is 15.6 Å². The van der Waals surface area contributed by atoms with Crippen LogP contribution in [0.5, 0.6) is 0 Å². The topological polar surface area (TPSA) is 105 Å². The maximum atomic E-state index is 13.7. The van der Waals surface area contributed by atoms with E-state index < -0.39 is 28.0 Å². The number of hydrogen-bond donors (Lipinski definition) is 1. The molecule has 2 aliphatic heterocycles. The molecule has 10 heteroatoms. The Kier molecular flexibility index (Phi) is 8.52. The number of benzene rings is 3. The molecule has 0 bridgehead atoms. The second-order valence-corrected chi connectivity index (χ2v) is 13.1. The van der Waals surface area contributed by atoms with Gasteiger partial charge in [-0.2, -0.15) is 0 Å². The summed E-state index contributed by atoms with van der Waals surface area (Å²) >= 11 is 6.09. The summed E-state index contributed by atoms with van der Waals surface area (Å²) in [4.78, 5) is 33.4. The van der Waals surface area contributed by atoms with E-state index >= 15 is 0 Å². The molecule has 0 spiro atoms. The molecule has 2 unspecified atom stereocenters. The number of halogens is 1. The van der Waals surface area contributed by atoms with E-state index in [9.17, 15) is 18.0 Å². The lowest BCUT2D eigenvalue weighted by Gasteiger charge is -2.27. The Morgan fingerprint density at radius 3 is 2.45 bits per heavy atom. The van der Waals surface area contributed by atoms with Crippen LogP contribution in [-0.2, 0) is 31.5 Å². The molecule has 0 saturated carbocycles. The zero-order chi connectivity index (χ0) is 30.0. The average Bonchev–Trinajstić information content (AvgIpc) is 3.32. The minimum absolute atomic E-state index is 0.138. The Balaban J connectivity index is 1.64. The second kappa shape index (κ2) is 12.1. The number of amides is 1. The van der Waals surface area contributed by atoms with Gasteiger partial charge in [-0.15, -0.1) is 0 Å². The lowest BCUT2D eigenvalue weighted by atomic mass is 9.86. The highest BCUT2D eigenvalue weighted by molar-refractivity contribution is 7.89. The van der Waals surface area contributed by atoms with Gasteiger partial charge in [0, 0.05) is 39.4 Å².